The minimum Gasteiger partial charge on any atom is -0.396 e. The first-order valence-corrected chi connectivity index (χ1v) is 7.67. The van der Waals surface area contributed by atoms with Crippen LogP contribution in [0.2, 0.25) is 0 Å². The van der Waals surface area contributed by atoms with Gasteiger partial charge in [-0.05, 0) is 25.3 Å². The van der Waals surface area contributed by atoms with Gasteiger partial charge in [-0.3, -0.25) is 5.43 Å². The lowest BCUT2D eigenvalue weighted by Crippen LogP contribution is -2.21. The molecule has 1 unspecified atom stereocenters. The zero-order chi connectivity index (χ0) is 14.5. The number of hydrogen-bond acceptors (Lipinski definition) is 7. The van der Waals surface area contributed by atoms with Crippen LogP contribution in [0, 0.1) is 0 Å². The van der Waals surface area contributed by atoms with Crippen LogP contribution in [0.3, 0.4) is 0 Å². The summed E-state index contributed by atoms with van der Waals surface area (Å²) in [5.41, 5.74) is 2.51. The number of nitrogens with two attached hydrogens (primary N) is 1. The predicted molar refractivity (Wildman–Crippen MR) is 84.0 cm³/mol. The van der Waals surface area contributed by atoms with Gasteiger partial charge in [0.25, 0.3) is 0 Å². The van der Waals surface area contributed by atoms with Crippen LogP contribution in [0.5, 0.6) is 0 Å². The van der Waals surface area contributed by atoms with Crippen molar-refractivity contribution in [2.75, 3.05) is 17.3 Å². The summed E-state index contributed by atoms with van der Waals surface area (Å²) < 4.78 is 0. The molecule has 20 heavy (non-hydrogen) atoms. The first kappa shape index (κ1) is 15.0. The predicted octanol–water partition coefficient (Wildman–Crippen LogP) is 2.11. The van der Waals surface area contributed by atoms with E-state index in [1.807, 2.05) is 0 Å². The van der Waals surface area contributed by atoms with E-state index in [-0.39, 0.29) is 12.6 Å². The van der Waals surface area contributed by atoms with Crippen LogP contribution in [-0.4, -0.2) is 27.7 Å². The summed E-state index contributed by atoms with van der Waals surface area (Å²) in [7, 11) is 0. The van der Waals surface area contributed by atoms with Gasteiger partial charge in [0.2, 0.25) is 5.95 Å². The van der Waals surface area contributed by atoms with Gasteiger partial charge in [0.15, 0.2) is 0 Å². The number of hydrazine groups is 1. The quantitative estimate of drug-likeness (QED) is 0.461. The first-order chi connectivity index (χ1) is 9.71. The van der Waals surface area contributed by atoms with E-state index in [0.717, 1.165) is 28.9 Å². The van der Waals surface area contributed by atoms with Crippen molar-refractivity contribution in [1.82, 2.24) is 9.97 Å². The number of hydrogen-bond donors (Lipinski definition) is 4. The van der Waals surface area contributed by atoms with E-state index in [4.69, 9.17) is 10.9 Å². The van der Waals surface area contributed by atoms with E-state index in [0.29, 0.717) is 12.4 Å². The molecule has 2 heterocycles. The maximum absolute atomic E-state index is 9.10. The van der Waals surface area contributed by atoms with Crippen molar-refractivity contribution in [3.05, 3.63) is 10.9 Å². The summed E-state index contributed by atoms with van der Waals surface area (Å²) in [6, 6.07) is 2.31. The van der Waals surface area contributed by atoms with Crippen LogP contribution >= 0.6 is 11.3 Å². The van der Waals surface area contributed by atoms with Crippen molar-refractivity contribution in [2.45, 2.75) is 39.2 Å². The largest absolute Gasteiger partial charge is 0.396 e. The number of aliphatic hydroxyl groups is 1. The molecule has 0 saturated heterocycles. The molecular formula is C13H21N5OS. The van der Waals surface area contributed by atoms with E-state index in [1.54, 1.807) is 11.3 Å². The van der Waals surface area contributed by atoms with Gasteiger partial charge in [-0.15, -0.1) is 11.3 Å². The van der Waals surface area contributed by atoms with Gasteiger partial charge in [0, 0.05) is 17.5 Å². The zero-order valence-corrected chi connectivity index (χ0v) is 12.6. The second-order valence-corrected chi connectivity index (χ2v) is 5.70. The number of nitrogens with zero attached hydrogens (tertiary/aromatic N) is 2. The molecule has 2 aromatic heterocycles. The molecule has 2 rings (SSSR count). The van der Waals surface area contributed by atoms with Gasteiger partial charge in [-0.1, -0.05) is 13.8 Å². The normalized spacial score (nSPS) is 12.6. The SMILES string of the molecule is CCc1cc2c(NC(CC)CCO)nc(NN)nc2s1. The van der Waals surface area contributed by atoms with Crippen LogP contribution in [-0.2, 0) is 6.42 Å². The lowest BCUT2D eigenvalue weighted by molar-refractivity contribution is 0.278. The summed E-state index contributed by atoms with van der Waals surface area (Å²) in [4.78, 5) is 11.0. The molecule has 0 spiro atoms. The molecule has 1 atom stereocenters. The maximum Gasteiger partial charge on any atom is 0.240 e. The van der Waals surface area contributed by atoms with Crippen molar-refractivity contribution in [3.63, 3.8) is 0 Å². The Morgan fingerprint density at radius 2 is 2.20 bits per heavy atom. The molecule has 0 fully saturated rings. The first-order valence-electron chi connectivity index (χ1n) is 6.86. The molecule has 0 bridgehead atoms. The summed E-state index contributed by atoms with van der Waals surface area (Å²) in [6.45, 7) is 4.36. The molecule has 0 aliphatic heterocycles. The van der Waals surface area contributed by atoms with E-state index < -0.39 is 0 Å². The van der Waals surface area contributed by atoms with Crippen LogP contribution in [0.4, 0.5) is 11.8 Å². The lowest BCUT2D eigenvalue weighted by atomic mass is 10.1. The highest BCUT2D eigenvalue weighted by Crippen LogP contribution is 2.30. The zero-order valence-electron chi connectivity index (χ0n) is 11.8. The van der Waals surface area contributed by atoms with Gasteiger partial charge in [-0.2, -0.15) is 4.98 Å². The van der Waals surface area contributed by atoms with Crippen molar-refractivity contribution in [1.29, 1.82) is 0 Å². The van der Waals surface area contributed by atoms with Crippen LogP contribution in [0.25, 0.3) is 10.2 Å². The van der Waals surface area contributed by atoms with E-state index in [9.17, 15) is 0 Å². The Morgan fingerprint density at radius 1 is 1.40 bits per heavy atom. The Kier molecular flexibility index (Phi) is 5.11. The number of nitrogen functional groups attached to an aromatic ring is 1. The minimum atomic E-state index is 0.158. The van der Waals surface area contributed by atoms with Gasteiger partial charge < -0.3 is 10.4 Å². The van der Waals surface area contributed by atoms with Crippen molar-refractivity contribution >= 4 is 33.3 Å². The fourth-order valence-electron chi connectivity index (χ4n) is 2.05. The monoisotopic (exact) mass is 295 g/mol. The summed E-state index contributed by atoms with van der Waals surface area (Å²) >= 11 is 1.65. The Labute approximate surface area is 122 Å². The fraction of sp³-hybridized carbons (Fsp3) is 0.538. The number of aryl methyl sites for hydroxylation is 1. The third-order valence-electron chi connectivity index (χ3n) is 3.23. The Morgan fingerprint density at radius 3 is 2.80 bits per heavy atom. The average Bonchev–Trinajstić information content (AvgIpc) is 2.89. The van der Waals surface area contributed by atoms with Gasteiger partial charge >= 0.3 is 0 Å². The number of nitrogens with one attached hydrogen (secondary N) is 2. The van der Waals surface area contributed by atoms with Gasteiger partial charge in [0.05, 0.1) is 5.39 Å². The van der Waals surface area contributed by atoms with Gasteiger partial charge in [0.1, 0.15) is 10.6 Å². The molecule has 0 amide bonds. The van der Waals surface area contributed by atoms with Crippen molar-refractivity contribution < 1.29 is 5.11 Å². The highest BCUT2D eigenvalue weighted by molar-refractivity contribution is 7.18. The summed E-state index contributed by atoms with van der Waals surface area (Å²) in [6.07, 6.45) is 2.58. The molecule has 2 aromatic rings. The molecule has 0 radical (unpaired) electrons. The molecular weight excluding hydrogens is 274 g/mol. The highest BCUT2D eigenvalue weighted by Gasteiger charge is 2.14. The molecule has 0 aromatic carbocycles. The topological polar surface area (TPSA) is 96.1 Å². The number of rotatable bonds is 7. The molecule has 7 heteroatoms. The standard InChI is InChI=1S/C13H21N5OS/c1-3-8(5-6-19)15-11-10-7-9(4-2)20-12(10)17-13(16-11)18-14/h7-8,19H,3-6,14H2,1-2H3,(H2,15,16,17,18). The second-order valence-electron chi connectivity index (χ2n) is 4.59. The smallest absolute Gasteiger partial charge is 0.240 e. The maximum atomic E-state index is 9.10. The highest BCUT2D eigenvalue weighted by atomic mass is 32.1. The minimum absolute atomic E-state index is 0.158. The van der Waals surface area contributed by atoms with Crippen LogP contribution in [0.1, 0.15) is 31.6 Å². The fourth-order valence-corrected chi connectivity index (χ4v) is 3.01. The Hall–Kier alpha value is -1.44. The second kappa shape index (κ2) is 6.83. The van der Waals surface area contributed by atoms with Crippen LogP contribution < -0.4 is 16.6 Å². The molecule has 6 nitrogen and oxygen atoms in total. The van der Waals surface area contributed by atoms with E-state index >= 15 is 0 Å². The van der Waals surface area contributed by atoms with Gasteiger partial charge in [-0.25, -0.2) is 10.8 Å². The molecule has 110 valence electrons. The number of thiophene rings is 1. The van der Waals surface area contributed by atoms with Crippen LogP contribution in [0.15, 0.2) is 6.07 Å². The number of anilines is 2. The molecule has 0 saturated carbocycles. The Bertz CT molecular complexity index is 571. The van der Waals surface area contributed by atoms with Crippen molar-refractivity contribution in [2.24, 2.45) is 5.84 Å². The summed E-state index contributed by atoms with van der Waals surface area (Å²) in [5, 5.41) is 13.5. The van der Waals surface area contributed by atoms with E-state index in [1.165, 1.54) is 4.88 Å². The summed E-state index contributed by atoms with van der Waals surface area (Å²) in [5.74, 6) is 6.62. The molecule has 0 aliphatic carbocycles. The third kappa shape index (κ3) is 3.17. The Balaban J connectivity index is 2.40. The number of aromatic nitrogens is 2. The third-order valence-corrected chi connectivity index (χ3v) is 4.41. The van der Waals surface area contributed by atoms with Crippen molar-refractivity contribution in [3.8, 4) is 0 Å². The van der Waals surface area contributed by atoms with E-state index in [2.05, 4.69) is 40.6 Å². The lowest BCUT2D eigenvalue weighted by Gasteiger charge is -2.17. The molecule has 5 N–H and O–H groups in total. The number of aliphatic hydroxyl groups excluding tert-OH is 1. The average molecular weight is 295 g/mol. The number of fused-ring (bicyclic) bond motifs is 1. The molecule has 0 aliphatic rings.